The van der Waals surface area contributed by atoms with E-state index in [1.54, 1.807) is 10.7 Å². The van der Waals surface area contributed by atoms with Gasteiger partial charge < -0.3 is 11.5 Å². The van der Waals surface area contributed by atoms with Crippen LogP contribution in [0.2, 0.25) is 0 Å². The Balaban J connectivity index is 2.74. The summed E-state index contributed by atoms with van der Waals surface area (Å²) in [5.74, 6) is 0.542. The number of nitrogens with two attached hydrogens (primary N) is 2. The molecule has 1 rings (SSSR count). The van der Waals surface area contributed by atoms with Gasteiger partial charge in [-0.3, -0.25) is 4.68 Å². The Morgan fingerprint density at radius 3 is 2.90 bits per heavy atom. The molecule has 0 radical (unpaired) electrons. The molecule has 0 aliphatic carbocycles. The first-order valence-electron chi connectivity index (χ1n) is 3.24. The average molecular weight is 140 g/mol. The minimum atomic E-state index is 0.234. The van der Waals surface area contributed by atoms with Crippen molar-refractivity contribution in [3.63, 3.8) is 0 Å². The molecule has 0 aliphatic rings. The molecular weight excluding hydrogens is 128 g/mol. The lowest BCUT2D eigenvalue weighted by Gasteiger charge is -2.07. The van der Waals surface area contributed by atoms with Crippen molar-refractivity contribution in [1.82, 2.24) is 9.78 Å². The smallest absolute Gasteiger partial charge is 0.145 e. The van der Waals surface area contributed by atoms with Gasteiger partial charge >= 0.3 is 0 Å². The lowest BCUT2D eigenvalue weighted by molar-refractivity contribution is 0.502. The van der Waals surface area contributed by atoms with Gasteiger partial charge in [-0.25, -0.2) is 0 Å². The van der Waals surface area contributed by atoms with Crippen molar-refractivity contribution in [1.29, 1.82) is 0 Å². The molecule has 0 aromatic carbocycles. The molecule has 4 N–H and O–H groups in total. The van der Waals surface area contributed by atoms with Crippen LogP contribution in [0.25, 0.3) is 0 Å². The van der Waals surface area contributed by atoms with Crippen LogP contribution in [0.3, 0.4) is 0 Å². The van der Waals surface area contributed by atoms with Gasteiger partial charge in [-0.05, 0) is 13.0 Å². The van der Waals surface area contributed by atoms with Crippen LogP contribution in [0.15, 0.2) is 12.3 Å². The quantitative estimate of drug-likeness (QED) is 0.606. The highest BCUT2D eigenvalue weighted by molar-refractivity contribution is 5.23. The van der Waals surface area contributed by atoms with E-state index in [0.29, 0.717) is 12.4 Å². The maximum absolute atomic E-state index is 5.41. The number of nitrogen functional groups attached to an aromatic ring is 1. The molecule has 0 saturated heterocycles. The van der Waals surface area contributed by atoms with Gasteiger partial charge in [-0.15, -0.1) is 0 Å². The number of aromatic nitrogens is 2. The lowest BCUT2D eigenvalue weighted by atomic mass is 10.3. The molecule has 0 bridgehead atoms. The first kappa shape index (κ1) is 7.08. The minimum absolute atomic E-state index is 0.234. The van der Waals surface area contributed by atoms with Gasteiger partial charge in [0.2, 0.25) is 0 Å². The normalized spacial score (nSPS) is 13.4. The monoisotopic (exact) mass is 140 g/mol. The van der Waals surface area contributed by atoms with Crippen LogP contribution in [-0.2, 0) is 0 Å². The van der Waals surface area contributed by atoms with E-state index in [-0.39, 0.29) is 6.04 Å². The second-order valence-electron chi connectivity index (χ2n) is 2.31. The Labute approximate surface area is 59.8 Å². The number of hydrogen-bond donors (Lipinski definition) is 2. The van der Waals surface area contributed by atoms with Crippen molar-refractivity contribution >= 4 is 5.82 Å². The highest BCUT2D eigenvalue weighted by Crippen LogP contribution is 2.03. The predicted molar refractivity (Wildman–Crippen MR) is 40.4 cm³/mol. The zero-order valence-electron chi connectivity index (χ0n) is 5.99. The molecule has 4 nitrogen and oxygen atoms in total. The summed E-state index contributed by atoms with van der Waals surface area (Å²) in [5, 5.41) is 4.00. The fourth-order valence-corrected chi connectivity index (χ4v) is 0.706. The standard InChI is InChI=1S/C6H12N4/c1-5(4-7)10-3-2-6(8)9-10/h2-3,5H,4,7H2,1H3,(H2,8,9). The van der Waals surface area contributed by atoms with Crippen molar-refractivity contribution < 1.29 is 0 Å². The molecule has 10 heavy (non-hydrogen) atoms. The summed E-state index contributed by atoms with van der Waals surface area (Å²) < 4.78 is 1.76. The molecular formula is C6H12N4. The van der Waals surface area contributed by atoms with E-state index in [4.69, 9.17) is 11.5 Å². The summed E-state index contributed by atoms with van der Waals surface area (Å²) in [5.41, 5.74) is 10.8. The fraction of sp³-hybridized carbons (Fsp3) is 0.500. The van der Waals surface area contributed by atoms with Crippen LogP contribution in [0.5, 0.6) is 0 Å². The molecule has 1 unspecified atom stereocenters. The van der Waals surface area contributed by atoms with Gasteiger partial charge in [-0.2, -0.15) is 5.10 Å². The summed E-state index contributed by atoms with van der Waals surface area (Å²) in [6.45, 7) is 2.58. The number of nitrogens with zero attached hydrogens (tertiary/aromatic N) is 2. The molecule has 1 heterocycles. The van der Waals surface area contributed by atoms with Crippen molar-refractivity contribution in [2.24, 2.45) is 5.73 Å². The summed E-state index contributed by atoms with van der Waals surface area (Å²) in [6, 6.07) is 1.99. The van der Waals surface area contributed by atoms with E-state index in [2.05, 4.69) is 5.10 Å². The minimum Gasteiger partial charge on any atom is -0.382 e. The highest BCUT2D eigenvalue weighted by atomic mass is 15.3. The zero-order chi connectivity index (χ0) is 7.56. The highest BCUT2D eigenvalue weighted by Gasteiger charge is 2.01. The molecule has 4 heteroatoms. The molecule has 0 aliphatic heterocycles. The van der Waals surface area contributed by atoms with Gasteiger partial charge in [0.1, 0.15) is 5.82 Å². The van der Waals surface area contributed by atoms with Crippen LogP contribution in [0, 0.1) is 0 Å². The molecule has 0 saturated carbocycles. The van der Waals surface area contributed by atoms with E-state index < -0.39 is 0 Å². The number of anilines is 1. The predicted octanol–water partition coefficient (Wildman–Crippen LogP) is -0.0150. The third kappa shape index (κ3) is 1.27. The Morgan fingerprint density at radius 2 is 2.50 bits per heavy atom. The summed E-state index contributed by atoms with van der Waals surface area (Å²) >= 11 is 0. The van der Waals surface area contributed by atoms with Crippen LogP contribution < -0.4 is 11.5 Å². The van der Waals surface area contributed by atoms with Crippen molar-refractivity contribution in [3.05, 3.63) is 12.3 Å². The SMILES string of the molecule is CC(CN)n1ccc(N)n1. The third-order valence-electron chi connectivity index (χ3n) is 1.42. The van der Waals surface area contributed by atoms with Crippen LogP contribution in [0.1, 0.15) is 13.0 Å². The second-order valence-corrected chi connectivity index (χ2v) is 2.31. The van der Waals surface area contributed by atoms with Crippen molar-refractivity contribution in [2.45, 2.75) is 13.0 Å². The number of hydrogen-bond acceptors (Lipinski definition) is 3. The molecule has 0 amide bonds. The van der Waals surface area contributed by atoms with E-state index >= 15 is 0 Å². The maximum Gasteiger partial charge on any atom is 0.145 e. The van der Waals surface area contributed by atoms with E-state index in [9.17, 15) is 0 Å². The fourth-order valence-electron chi connectivity index (χ4n) is 0.706. The first-order valence-corrected chi connectivity index (χ1v) is 3.24. The molecule has 1 aromatic rings. The van der Waals surface area contributed by atoms with Crippen molar-refractivity contribution in [2.75, 3.05) is 12.3 Å². The summed E-state index contributed by atoms with van der Waals surface area (Å²) in [6.07, 6.45) is 1.83. The zero-order valence-corrected chi connectivity index (χ0v) is 5.99. The summed E-state index contributed by atoms with van der Waals surface area (Å²) in [4.78, 5) is 0. The van der Waals surface area contributed by atoms with Gasteiger partial charge in [0.15, 0.2) is 0 Å². The molecule has 56 valence electrons. The van der Waals surface area contributed by atoms with E-state index in [0.717, 1.165) is 0 Å². The Bertz CT molecular complexity index is 205. The van der Waals surface area contributed by atoms with Crippen LogP contribution in [0.4, 0.5) is 5.82 Å². The Morgan fingerprint density at radius 1 is 1.80 bits per heavy atom. The maximum atomic E-state index is 5.41. The third-order valence-corrected chi connectivity index (χ3v) is 1.42. The van der Waals surface area contributed by atoms with Crippen LogP contribution >= 0.6 is 0 Å². The molecule has 1 atom stereocenters. The summed E-state index contributed by atoms with van der Waals surface area (Å²) in [7, 11) is 0. The average Bonchev–Trinajstić information content (AvgIpc) is 2.34. The van der Waals surface area contributed by atoms with Crippen LogP contribution in [-0.4, -0.2) is 16.3 Å². The van der Waals surface area contributed by atoms with Gasteiger partial charge in [0.05, 0.1) is 6.04 Å². The van der Waals surface area contributed by atoms with Crippen molar-refractivity contribution in [3.8, 4) is 0 Å². The second kappa shape index (κ2) is 2.70. The Hall–Kier alpha value is -1.03. The van der Waals surface area contributed by atoms with E-state index in [1.807, 2.05) is 13.1 Å². The lowest BCUT2D eigenvalue weighted by Crippen LogP contribution is -2.16. The van der Waals surface area contributed by atoms with E-state index in [1.165, 1.54) is 0 Å². The molecule has 1 aromatic heterocycles. The van der Waals surface area contributed by atoms with Gasteiger partial charge in [0.25, 0.3) is 0 Å². The topological polar surface area (TPSA) is 69.9 Å². The Kier molecular flexibility index (Phi) is 1.91. The first-order chi connectivity index (χ1) is 4.74. The largest absolute Gasteiger partial charge is 0.382 e. The van der Waals surface area contributed by atoms with Gasteiger partial charge in [-0.1, -0.05) is 0 Å². The molecule has 0 fully saturated rings. The van der Waals surface area contributed by atoms with Gasteiger partial charge in [0, 0.05) is 12.7 Å². The molecule has 0 spiro atoms. The number of rotatable bonds is 2.